The van der Waals surface area contributed by atoms with Crippen molar-refractivity contribution in [2.75, 3.05) is 0 Å². The summed E-state index contributed by atoms with van der Waals surface area (Å²) in [5.74, 6) is 0.0115. The fourth-order valence-electron chi connectivity index (χ4n) is 2.49. The third-order valence-electron chi connectivity index (χ3n) is 4.05. The molecular weight excluding hydrogens is 284 g/mol. The number of amides is 1. The van der Waals surface area contributed by atoms with Gasteiger partial charge >= 0.3 is 0 Å². The van der Waals surface area contributed by atoms with Crippen LogP contribution in [0.3, 0.4) is 0 Å². The SMILES string of the molecule is CCCCCCCCCCC(=O)NN=Cc1ccc(CC)cc1. The number of unbranched alkanes of at least 4 members (excludes halogenated alkanes) is 7. The van der Waals surface area contributed by atoms with Gasteiger partial charge in [-0.2, -0.15) is 5.10 Å². The molecule has 1 aromatic carbocycles. The third-order valence-corrected chi connectivity index (χ3v) is 4.05. The molecule has 3 nitrogen and oxygen atoms in total. The summed E-state index contributed by atoms with van der Waals surface area (Å²) in [6, 6.07) is 8.22. The standard InChI is InChI=1S/C20H32N2O/c1-3-5-6-7-8-9-10-11-12-20(23)22-21-17-19-15-13-18(4-2)14-16-19/h13-17H,3-12H2,1-2H3,(H,22,23). The average Bonchev–Trinajstić information content (AvgIpc) is 2.58. The Labute approximate surface area is 141 Å². The third kappa shape index (κ3) is 9.88. The molecule has 0 atom stereocenters. The number of rotatable bonds is 12. The van der Waals surface area contributed by atoms with E-state index in [-0.39, 0.29) is 5.91 Å². The highest BCUT2D eigenvalue weighted by molar-refractivity contribution is 5.82. The molecule has 0 aliphatic heterocycles. The van der Waals surface area contributed by atoms with Crippen LogP contribution in [-0.2, 0) is 11.2 Å². The predicted molar refractivity (Wildman–Crippen MR) is 98.8 cm³/mol. The van der Waals surface area contributed by atoms with Crippen LogP contribution >= 0.6 is 0 Å². The number of nitrogens with one attached hydrogen (secondary N) is 1. The molecule has 23 heavy (non-hydrogen) atoms. The molecule has 0 fully saturated rings. The Morgan fingerprint density at radius 3 is 2.17 bits per heavy atom. The number of aryl methyl sites for hydroxylation is 1. The van der Waals surface area contributed by atoms with E-state index in [2.05, 4.69) is 36.5 Å². The van der Waals surface area contributed by atoms with Gasteiger partial charge in [-0.15, -0.1) is 0 Å². The van der Waals surface area contributed by atoms with Gasteiger partial charge in [-0.3, -0.25) is 4.79 Å². The number of carbonyl (C=O) groups excluding carboxylic acids is 1. The minimum atomic E-state index is 0.0115. The Morgan fingerprint density at radius 1 is 0.957 bits per heavy atom. The topological polar surface area (TPSA) is 41.5 Å². The van der Waals surface area contributed by atoms with Crippen LogP contribution in [0.15, 0.2) is 29.4 Å². The number of hydrogen-bond acceptors (Lipinski definition) is 2. The van der Waals surface area contributed by atoms with Crippen LogP contribution in [0, 0.1) is 0 Å². The monoisotopic (exact) mass is 316 g/mol. The molecule has 128 valence electrons. The highest BCUT2D eigenvalue weighted by Gasteiger charge is 1.99. The van der Waals surface area contributed by atoms with Crippen LogP contribution in [0.2, 0.25) is 0 Å². The maximum atomic E-state index is 11.7. The summed E-state index contributed by atoms with van der Waals surface area (Å²) in [7, 11) is 0. The van der Waals surface area contributed by atoms with E-state index in [1.165, 1.54) is 44.1 Å². The lowest BCUT2D eigenvalue weighted by Crippen LogP contribution is -2.16. The fourth-order valence-corrected chi connectivity index (χ4v) is 2.49. The van der Waals surface area contributed by atoms with Gasteiger partial charge in [-0.05, 0) is 24.0 Å². The zero-order chi connectivity index (χ0) is 16.8. The molecule has 0 aliphatic carbocycles. The lowest BCUT2D eigenvalue weighted by atomic mass is 10.1. The summed E-state index contributed by atoms with van der Waals surface area (Å²) in [5, 5.41) is 4.02. The molecule has 0 radical (unpaired) electrons. The summed E-state index contributed by atoms with van der Waals surface area (Å²) < 4.78 is 0. The minimum Gasteiger partial charge on any atom is -0.273 e. The average molecular weight is 316 g/mol. The molecule has 1 amide bonds. The summed E-state index contributed by atoms with van der Waals surface area (Å²) >= 11 is 0. The van der Waals surface area contributed by atoms with Crippen LogP contribution in [-0.4, -0.2) is 12.1 Å². The first-order chi connectivity index (χ1) is 11.3. The van der Waals surface area contributed by atoms with Crippen molar-refractivity contribution in [3.8, 4) is 0 Å². The molecule has 3 heteroatoms. The van der Waals surface area contributed by atoms with Gasteiger partial charge < -0.3 is 0 Å². The van der Waals surface area contributed by atoms with E-state index in [9.17, 15) is 4.79 Å². The van der Waals surface area contributed by atoms with Crippen molar-refractivity contribution in [2.45, 2.75) is 78.1 Å². The van der Waals surface area contributed by atoms with E-state index >= 15 is 0 Å². The van der Waals surface area contributed by atoms with Crippen LogP contribution in [0.5, 0.6) is 0 Å². The minimum absolute atomic E-state index is 0.0115. The van der Waals surface area contributed by atoms with Crippen LogP contribution in [0.4, 0.5) is 0 Å². The highest BCUT2D eigenvalue weighted by Crippen LogP contribution is 2.09. The number of hydrazone groups is 1. The number of hydrogen-bond donors (Lipinski definition) is 1. The smallest absolute Gasteiger partial charge is 0.240 e. The Kier molecular flexibility index (Phi) is 10.9. The summed E-state index contributed by atoms with van der Waals surface area (Å²) in [4.78, 5) is 11.7. The second-order valence-electron chi connectivity index (χ2n) is 6.11. The lowest BCUT2D eigenvalue weighted by Gasteiger charge is -2.02. The van der Waals surface area contributed by atoms with E-state index < -0.39 is 0 Å². The molecule has 0 heterocycles. The second-order valence-corrected chi connectivity index (χ2v) is 6.11. The normalized spacial score (nSPS) is 11.0. The first-order valence-corrected chi connectivity index (χ1v) is 9.17. The van der Waals surface area contributed by atoms with Crippen molar-refractivity contribution >= 4 is 12.1 Å². The number of carbonyl (C=O) groups is 1. The molecule has 0 saturated carbocycles. The number of benzene rings is 1. The summed E-state index contributed by atoms with van der Waals surface area (Å²) in [5.41, 5.74) is 4.92. The van der Waals surface area contributed by atoms with E-state index in [4.69, 9.17) is 0 Å². The first-order valence-electron chi connectivity index (χ1n) is 9.17. The number of nitrogens with zero attached hydrogens (tertiary/aromatic N) is 1. The lowest BCUT2D eigenvalue weighted by molar-refractivity contribution is -0.121. The van der Waals surface area contributed by atoms with Crippen molar-refractivity contribution in [3.63, 3.8) is 0 Å². The van der Waals surface area contributed by atoms with Gasteiger partial charge in [0, 0.05) is 6.42 Å². The predicted octanol–water partition coefficient (Wildman–Crippen LogP) is 5.23. The molecule has 1 N–H and O–H groups in total. The summed E-state index contributed by atoms with van der Waals surface area (Å²) in [6.45, 7) is 4.37. The molecule has 0 unspecified atom stereocenters. The molecular formula is C20H32N2O. The van der Waals surface area contributed by atoms with E-state index in [1.807, 2.05) is 12.1 Å². The molecule has 0 aromatic heterocycles. The molecule has 0 saturated heterocycles. The van der Waals surface area contributed by atoms with Crippen molar-refractivity contribution < 1.29 is 4.79 Å². The molecule has 1 rings (SSSR count). The van der Waals surface area contributed by atoms with Gasteiger partial charge in [-0.1, -0.05) is 83.1 Å². The van der Waals surface area contributed by atoms with Crippen molar-refractivity contribution in [1.29, 1.82) is 0 Å². The van der Waals surface area contributed by atoms with Gasteiger partial charge in [0.25, 0.3) is 0 Å². The second kappa shape index (κ2) is 12.9. The zero-order valence-corrected chi connectivity index (χ0v) is 14.8. The largest absolute Gasteiger partial charge is 0.273 e. The van der Waals surface area contributed by atoms with Crippen LogP contribution in [0.25, 0.3) is 0 Å². The van der Waals surface area contributed by atoms with Gasteiger partial charge in [0.1, 0.15) is 0 Å². The molecule has 0 spiro atoms. The van der Waals surface area contributed by atoms with Gasteiger partial charge in [0.2, 0.25) is 5.91 Å². The maximum Gasteiger partial charge on any atom is 0.240 e. The van der Waals surface area contributed by atoms with E-state index in [0.29, 0.717) is 6.42 Å². The zero-order valence-electron chi connectivity index (χ0n) is 14.8. The van der Waals surface area contributed by atoms with Crippen molar-refractivity contribution in [2.24, 2.45) is 5.10 Å². The van der Waals surface area contributed by atoms with Crippen molar-refractivity contribution in [3.05, 3.63) is 35.4 Å². The molecule has 1 aromatic rings. The highest BCUT2D eigenvalue weighted by atomic mass is 16.2. The molecule has 0 bridgehead atoms. The van der Waals surface area contributed by atoms with Gasteiger partial charge in [-0.25, -0.2) is 5.43 Å². The van der Waals surface area contributed by atoms with Crippen LogP contribution in [0.1, 0.15) is 82.8 Å². The Bertz CT molecular complexity index is 451. The summed E-state index contributed by atoms with van der Waals surface area (Å²) in [6.07, 6.45) is 13.3. The first kappa shape index (κ1) is 19.4. The fraction of sp³-hybridized carbons (Fsp3) is 0.600. The van der Waals surface area contributed by atoms with E-state index in [1.54, 1.807) is 6.21 Å². The van der Waals surface area contributed by atoms with Crippen LogP contribution < -0.4 is 5.43 Å². The quantitative estimate of drug-likeness (QED) is 0.320. The molecule has 0 aliphatic rings. The van der Waals surface area contributed by atoms with Crippen molar-refractivity contribution in [1.82, 2.24) is 5.43 Å². The Balaban J connectivity index is 2.06. The Morgan fingerprint density at radius 2 is 1.57 bits per heavy atom. The maximum absolute atomic E-state index is 11.7. The Hall–Kier alpha value is -1.64. The van der Waals surface area contributed by atoms with E-state index in [0.717, 1.165) is 24.8 Å². The van der Waals surface area contributed by atoms with Gasteiger partial charge in [0.15, 0.2) is 0 Å². The van der Waals surface area contributed by atoms with Gasteiger partial charge in [0.05, 0.1) is 6.21 Å².